The molecule has 1 aliphatic rings. The van der Waals surface area contributed by atoms with E-state index in [9.17, 15) is 4.79 Å². The molecule has 0 spiro atoms. The van der Waals surface area contributed by atoms with Crippen molar-refractivity contribution in [2.24, 2.45) is 5.92 Å². The van der Waals surface area contributed by atoms with Crippen LogP contribution in [0.5, 0.6) is 0 Å². The lowest BCUT2D eigenvalue weighted by molar-refractivity contribution is -0.123. The van der Waals surface area contributed by atoms with E-state index in [0.29, 0.717) is 17.7 Å². The fourth-order valence-corrected chi connectivity index (χ4v) is 2.20. The van der Waals surface area contributed by atoms with Crippen LogP contribution < -0.4 is 5.32 Å². The van der Waals surface area contributed by atoms with Gasteiger partial charge in [0.25, 0.3) is 0 Å². The molecule has 0 atom stereocenters. The van der Waals surface area contributed by atoms with Crippen LogP contribution in [0.3, 0.4) is 0 Å². The molecule has 0 aromatic carbocycles. The lowest BCUT2D eigenvalue weighted by Crippen LogP contribution is -2.34. The van der Waals surface area contributed by atoms with Crippen molar-refractivity contribution in [3.8, 4) is 0 Å². The van der Waals surface area contributed by atoms with Crippen LogP contribution in [0, 0.1) is 5.92 Å². The van der Waals surface area contributed by atoms with Crippen LogP contribution in [-0.4, -0.2) is 18.4 Å². The summed E-state index contributed by atoms with van der Waals surface area (Å²) in [5, 5.41) is 3.45. The molecule has 2 nitrogen and oxygen atoms in total. The van der Waals surface area contributed by atoms with Gasteiger partial charge >= 0.3 is 0 Å². The third kappa shape index (κ3) is 5.31. The third-order valence-electron chi connectivity index (χ3n) is 3.02. The fourth-order valence-electron chi connectivity index (χ4n) is 2.20. The van der Waals surface area contributed by atoms with Crippen molar-refractivity contribution < 1.29 is 4.79 Å². The second-order valence-electron chi connectivity index (χ2n) is 3.93. The first-order valence-electron chi connectivity index (χ1n) is 6.54. The summed E-state index contributed by atoms with van der Waals surface area (Å²) in [6, 6.07) is 0.672. The summed E-state index contributed by atoms with van der Waals surface area (Å²) >= 11 is 0. The van der Waals surface area contributed by atoms with E-state index in [1.165, 1.54) is 12.8 Å². The van der Waals surface area contributed by atoms with Gasteiger partial charge in [0.05, 0.1) is 0 Å². The summed E-state index contributed by atoms with van der Waals surface area (Å²) in [5.74, 6) is 0.842. The van der Waals surface area contributed by atoms with Crippen molar-refractivity contribution in [3.63, 3.8) is 0 Å². The lowest BCUT2D eigenvalue weighted by Gasteiger charge is -2.27. The van der Waals surface area contributed by atoms with Crippen LogP contribution >= 0.6 is 0 Å². The first-order chi connectivity index (χ1) is 7.27. The van der Waals surface area contributed by atoms with Crippen LogP contribution in [-0.2, 0) is 4.79 Å². The monoisotopic (exact) mass is 213 g/mol. The van der Waals surface area contributed by atoms with Gasteiger partial charge in [-0.25, -0.2) is 0 Å². The van der Waals surface area contributed by atoms with Crippen molar-refractivity contribution in [3.05, 3.63) is 0 Å². The van der Waals surface area contributed by atoms with E-state index in [-0.39, 0.29) is 0 Å². The van der Waals surface area contributed by atoms with Crippen LogP contribution in [0.1, 0.15) is 59.8 Å². The maximum absolute atomic E-state index is 11.4. The molecule has 0 amide bonds. The van der Waals surface area contributed by atoms with Crippen LogP contribution in [0.4, 0.5) is 0 Å². The molecule has 0 bridgehead atoms. The summed E-state index contributed by atoms with van der Waals surface area (Å²) < 4.78 is 0. The van der Waals surface area contributed by atoms with E-state index in [1.54, 1.807) is 0 Å². The number of Topliss-reactive ketones (excluding diaryl/α,β-unsaturated/α-hetero) is 1. The number of carbonyl (C=O) groups excluding carboxylic acids is 1. The highest BCUT2D eigenvalue weighted by Crippen LogP contribution is 2.25. The molecule has 90 valence electrons. The minimum absolute atomic E-state index is 0.375. The number of hydrogen-bond acceptors (Lipinski definition) is 2. The average Bonchev–Trinajstić information content (AvgIpc) is 2.32. The van der Waals surface area contributed by atoms with Crippen LogP contribution in [0.15, 0.2) is 0 Å². The molecule has 1 saturated carbocycles. The Bertz CT molecular complexity index is 160. The van der Waals surface area contributed by atoms with Crippen LogP contribution in [0.25, 0.3) is 0 Å². The minimum Gasteiger partial charge on any atom is -0.314 e. The van der Waals surface area contributed by atoms with Gasteiger partial charge in [-0.3, -0.25) is 4.79 Å². The topological polar surface area (TPSA) is 29.1 Å². The van der Waals surface area contributed by atoms with Gasteiger partial charge in [-0.05, 0) is 32.2 Å². The number of ketones is 1. The van der Waals surface area contributed by atoms with Crippen molar-refractivity contribution in [1.82, 2.24) is 5.32 Å². The van der Waals surface area contributed by atoms with E-state index < -0.39 is 0 Å². The SMILES string of the molecule is CC.CCNC1CCC(C(=O)CC)CC1. The quantitative estimate of drug-likeness (QED) is 0.777. The summed E-state index contributed by atoms with van der Waals surface area (Å²) in [4.78, 5) is 11.4. The number of hydrogen-bond donors (Lipinski definition) is 1. The summed E-state index contributed by atoms with van der Waals surface area (Å²) in [6.45, 7) is 9.17. The van der Waals surface area contributed by atoms with E-state index in [0.717, 1.165) is 25.8 Å². The largest absolute Gasteiger partial charge is 0.314 e. The van der Waals surface area contributed by atoms with Gasteiger partial charge in [0.15, 0.2) is 0 Å². The Morgan fingerprint density at radius 1 is 1.13 bits per heavy atom. The van der Waals surface area contributed by atoms with Crippen molar-refractivity contribution in [1.29, 1.82) is 0 Å². The Kier molecular flexibility index (Phi) is 8.68. The van der Waals surface area contributed by atoms with Gasteiger partial charge in [-0.15, -0.1) is 0 Å². The van der Waals surface area contributed by atoms with Crippen molar-refractivity contribution in [2.75, 3.05) is 6.54 Å². The molecule has 1 aliphatic carbocycles. The normalized spacial score (nSPS) is 25.3. The molecule has 1 N–H and O–H groups in total. The predicted molar refractivity (Wildman–Crippen MR) is 66.1 cm³/mol. The van der Waals surface area contributed by atoms with Gasteiger partial charge in [0.2, 0.25) is 0 Å². The standard InChI is InChI=1S/C11H21NO.C2H6/c1-3-11(13)9-5-7-10(8-6-9)12-4-2;1-2/h9-10,12H,3-8H2,1-2H3;1-2H3. The second-order valence-corrected chi connectivity index (χ2v) is 3.93. The van der Waals surface area contributed by atoms with E-state index in [1.807, 2.05) is 20.8 Å². The molecular weight excluding hydrogens is 186 g/mol. The molecular formula is C13H27NO. The third-order valence-corrected chi connectivity index (χ3v) is 3.02. The Morgan fingerprint density at radius 3 is 2.07 bits per heavy atom. The molecule has 0 heterocycles. The summed E-state index contributed by atoms with van der Waals surface area (Å²) in [5.41, 5.74) is 0. The number of rotatable bonds is 4. The first-order valence-corrected chi connectivity index (χ1v) is 6.54. The van der Waals surface area contributed by atoms with Gasteiger partial charge in [-0.1, -0.05) is 27.7 Å². The zero-order valence-corrected chi connectivity index (χ0v) is 10.8. The Balaban J connectivity index is 0.000000921. The molecule has 1 rings (SSSR count). The van der Waals surface area contributed by atoms with Gasteiger partial charge in [0, 0.05) is 18.4 Å². The second kappa shape index (κ2) is 8.90. The molecule has 0 saturated heterocycles. The predicted octanol–water partition coefficient (Wildman–Crippen LogP) is 3.16. The van der Waals surface area contributed by atoms with Crippen LogP contribution in [0.2, 0.25) is 0 Å². The lowest BCUT2D eigenvalue weighted by atomic mass is 9.83. The summed E-state index contributed by atoms with van der Waals surface area (Å²) in [7, 11) is 0. The zero-order valence-electron chi connectivity index (χ0n) is 10.8. The van der Waals surface area contributed by atoms with E-state index in [4.69, 9.17) is 0 Å². The van der Waals surface area contributed by atoms with Crippen molar-refractivity contribution in [2.45, 2.75) is 65.8 Å². The van der Waals surface area contributed by atoms with Crippen molar-refractivity contribution >= 4 is 5.78 Å². The maximum atomic E-state index is 11.4. The molecule has 0 aromatic heterocycles. The van der Waals surface area contributed by atoms with E-state index >= 15 is 0 Å². The zero-order chi connectivity index (χ0) is 11.7. The maximum Gasteiger partial charge on any atom is 0.135 e. The molecule has 15 heavy (non-hydrogen) atoms. The Hall–Kier alpha value is -0.370. The minimum atomic E-state index is 0.375. The van der Waals surface area contributed by atoms with Gasteiger partial charge in [0.1, 0.15) is 5.78 Å². The molecule has 1 fully saturated rings. The number of nitrogens with one attached hydrogen (secondary N) is 1. The molecule has 0 radical (unpaired) electrons. The molecule has 0 unspecified atom stereocenters. The molecule has 0 aliphatic heterocycles. The fraction of sp³-hybridized carbons (Fsp3) is 0.923. The average molecular weight is 213 g/mol. The highest BCUT2D eigenvalue weighted by molar-refractivity contribution is 5.80. The highest BCUT2D eigenvalue weighted by atomic mass is 16.1. The van der Waals surface area contributed by atoms with Gasteiger partial charge < -0.3 is 5.32 Å². The molecule has 2 heteroatoms. The number of carbonyl (C=O) groups is 1. The first kappa shape index (κ1) is 14.6. The Labute approximate surface area is 94.8 Å². The molecule has 0 aromatic rings. The highest BCUT2D eigenvalue weighted by Gasteiger charge is 2.24. The smallest absolute Gasteiger partial charge is 0.135 e. The Morgan fingerprint density at radius 2 is 1.67 bits per heavy atom. The van der Waals surface area contributed by atoms with E-state index in [2.05, 4.69) is 12.2 Å². The summed E-state index contributed by atoms with van der Waals surface area (Å²) in [6.07, 6.45) is 5.29. The van der Waals surface area contributed by atoms with Gasteiger partial charge in [-0.2, -0.15) is 0 Å².